The van der Waals surface area contributed by atoms with E-state index in [4.69, 9.17) is 9.47 Å². The molecule has 1 saturated heterocycles. The summed E-state index contributed by atoms with van der Waals surface area (Å²) in [5.41, 5.74) is 0. The highest BCUT2D eigenvalue weighted by Crippen LogP contribution is 2.22. The van der Waals surface area contributed by atoms with Crippen molar-refractivity contribution in [1.29, 1.82) is 0 Å². The van der Waals surface area contributed by atoms with Crippen molar-refractivity contribution < 1.29 is 39.8 Å². The summed E-state index contributed by atoms with van der Waals surface area (Å²) in [6.45, 7) is 3.70. The summed E-state index contributed by atoms with van der Waals surface area (Å²) >= 11 is 0. The third-order valence-electron chi connectivity index (χ3n) is 9.52. The van der Waals surface area contributed by atoms with E-state index in [9.17, 15) is 30.3 Å². The Bertz CT molecular complexity index is 822. The molecule has 1 aliphatic heterocycles. The zero-order valence-electron chi connectivity index (χ0n) is 31.2. The minimum absolute atomic E-state index is 0.198. The van der Waals surface area contributed by atoms with Crippen LogP contribution in [0.4, 0.5) is 0 Å². The van der Waals surface area contributed by atoms with E-state index in [1.807, 2.05) is 6.08 Å². The van der Waals surface area contributed by atoms with Gasteiger partial charge in [-0.2, -0.15) is 0 Å². The highest BCUT2D eigenvalue weighted by molar-refractivity contribution is 5.76. The molecule has 0 aromatic rings. The van der Waals surface area contributed by atoms with E-state index in [2.05, 4.69) is 31.3 Å². The fourth-order valence-corrected chi connectivity index (χ4v) is 6.22. The molecular weight excluding hydrogens is 622 g/mol. The Hall–Kier alpha value is -1.33. The highest BCUT2D eigenvalue weighted by atomic mass is 16.7. The minimum Gasteiger partial charge on any atom is -0.394 e. The summed E-state index contributed by atoms with van der Waals surface area (Å²) in [5, 5.41) is 53.8. The van der Waals surface area contributed by atoms with Gasteiger partial charge in [0, 0.05) is 6.42 Å². The molecule has 0 aromatic carbocycles. The molecular formula is C40H75NO8. The van der Waals surface area contributed by atoms with Crippen LogP contribution in [0, 0.1) is 0 Å². The molecule has 0 aliphatic carbocycles. The predicted octanol–water partition coefficient (Wildman–Crippen LogP) is 7.16. The van der Waals surface area contributed by atoms with Crippen LogP contribution in [0.1, 0.15) is 168 Å². The van der Waals surface area contributed by atoms with Gasteiger partial charge in [0.25, 0.3) is 0 Å². The maximum Gasteiger partial charge on any atom is 0.220 e. The standard InChI is InChI=1S/C40H75NO8/c1-3-5-7-9-11-13-14-15-16-17-18-19-20-22-23-25-27-29-34(43)33(32-48-40-39(47)38(46)37(45)35(31-42)49-40)41-36(44)30-28-26-24-21-12-10-8-6-4-2/h21,24,27,29,33-35,37-40,42-43,45-47H,3-20,22-23,25-26,28,30-32H2,1-2H3,(H,41,44)/b24-21-,29-27+. The molecule has 0 saturated carbocycles. The van der Waals surface area contributed by atoms with Gasteiger partial charge in [-0.3, -0.25) is 4.79 Å². The van der Waals surface area contributed by atoms with Gasteiger partial charge >= 0.3 is 0 Å². The number of nitrogens with one attached hydrogen (secondary N) is 1. The number of rotatable bonds is 32. The molecule has 6 N–H and O–H groups in total. The number of hydrogen-bond donors (Lipinski definition) is 6. The van der Waals surface area contributed by atoms with Crippen molar-refractivity contribution in [3.8, 4) is 0 Å². The quantitative estimate of drug-likeness (QED) is 0.0320. The lowest BCUT2D eigenvalue weighted by Crippen LogP contribution is -2.60. The Morgan fingerprint density at radius 1 is 0.673 bits per heavy atom. The van der Waals surface area contributed by atoms with Gasteiger partial charge < -0.3 is 40.3 Å². The van der Waals surface area contributed by atoms with Crippen molar-refractivity contribution in [3.05, 3.63) is 24.3 Å². The predicted molar refractivity (Wildman–Crippen MR) is 198 cm³/mol. The van der Waals surface area contributed by atoms with Crippen molar-refractivity contribution in [3.63, 3.8) is 0 Å². The second-order valence-electron chi connectivity index (χ2n) is 14.1. The van der Waals surface area contributed by atoms with Crippen LogP contribution in [0.25, 0.3) is 0 Å². The molecule has 9 heteroatoms. The number of hydrogen-bond acceptors (Lipinski definition) is 8. The largest absolute Gasteiger partial charge is 0.394 e. The molecule has 0 bridgehead atoms. The van der Waals surface area contributed by atoms with Crippen molar-refractivity contribution in [2.24, 2.45) is 0 Å². The average Bonchev–Trinajstić information content (AvgIpc) is 3.10. The fourth-order valence-electron chi connectivity index (χ4n) is 6.22. The van der Waals surface area contributed by atoms with Gasteiger partial charge in [0.2, 0.25) is 5.91 Å². The number of ether oxygens (including phenoxy) is 2. The number of aliphatic hydroxyl groups excluding tert-OH is 5. The Balaban J connectivity index is 2.42. The van der Waals surface area contributed by atoms with Crippen LogP contribution < -0.4 is 5.32 Å². The summed E-state index contributed by atoms with van der Waals surface area (Å²) in [6, 6.07) is -0.814. The lowest BCUT2D eigenvalue weighted by Gasteiger charge is -2.40. The molecule has 7 unspecified atom stereocenters. The summed E-state index contributed by atoms with van der Waals surface area (Å²) < 4.78 is 11.1. The molecule has 0 aromatic heterocycles. The molecule has 1 amide bonds. The molecule has 1 rings (SSSR count). The lowest BCUT2D eigenvalue weighted by molar-refractivity contribution is -0.302. The summed E-state index contributed by atoms with van der Waals surface area (Å²) in [7, 11) is 0. The number of aliphatic hydroxyl groups is 5. The van der Waals surface area contributed by atoms with Crippen molar-refractivity contribution in [2.45, 2.75) is 211 Å². The number of allylic oxidation sites excluding steroid dienone is 3. The molecule has 1 aliphatic rings. The van der Waals surface area contributed by atoms with E-state index in [0.717, 1.165) is 32.1 Å². The van der Waals surface area contributed by atoms with Crippen molar-refractivity contribution in [1.82, 2.24) is 5.32 Å². The van der Waals surface area contributed by atoms with Gasteiger partial charge in [0.05, 0.1) is 25.4 Å². The molecule has 49 heavy (non-hydrogen) atoms. The molecule has 1 fully saturated rings. The van der Waals surface area contributed by atoms with Gasteiger partial charge in [0.15, 0.2) is 6.29 Å². The Kier molecular flexibility index (Phi) is 29.3. The Labute approximate surface area is 298 Å². The van der Waals surface area contributed by atoms with E-state index in [1.165, 1.54) is 109 Å². The Morgan fingerprint density at radius 3 is 1.67 bits per heavy atom. The first-order valence-corrected chi connectivity index (χ1v) is 20.1. The van der Waals surface area contributed by atoms with Gasteiger partial charge in [0.1, 0.15) is 24.4 Å². The van der Waals surface area contributed by atoms with E-state index in [-0.39, 0.29) is 12.5 Å². The van der Waals surface area contributed by atoms with Crippen LogP contribution in [-0.2, 0) is 14.3 Å². The highest BCUT2D eigenvalue weighted by Gasteiger charge is 2.44. The van der Waals surface area contributed by atoms with Crippen LogP contribution in [0.2, 0.25) is 0 Å². The molecule has 0 radical (unpaired) electrons. The van der Waals surface area contributed by atoms with Crippen LogP contribution in [0.15, 0.2) is 24.3 Å². The third-order valence-corrected chi connectivity index (χ3v) is 9.52. The third kappa shape index (κ3) is 23.0. The normalized spacial score (nSPS) is 22.6. The van der Waals surface area contributed by atoms with Crippen LogP contribution >= 0.6 is 0 Å². The van der Waals surface area contributed by atoms with E-state index < -0.39 is 49.5 Å². The maximum absolute atomic E-state index is 12.8. The second-order valence-corrected chi connectivity index (χ2v) is 14.1. The first kappa shape index (κ1) is 45.7. The van der Waals surface area contributed by atoms with Crippen LogP contribution in [-0.4, -0.2) is 87.5 Å². The average molecular weight is 698 g/mol. The second kappa shape index (κ2) is 31.4. The molecule has 7 atom stereocenters. The summed E-state index contributed by atoms with van der Waals surface area (Å²) in [4.78, 5) is 12.8. The molecule has 9 nitrogen and oxygen atoms in total. The van der Waals surface area contributed by atoms with E-state index in [0.29, 0.717) is 12.8 Å². The van der Waals surface area contributed by atoms with Crippen LogP contribution in [0.5, 0.6) is 0 Å². The number of carbonyl (C=O) groups excluding carboxylic acids is 1. The van der Waals surface area contributed by atoms with Gasteiger partial charge in [-0.1, -0.05) is 147 Å². The molecule has 288 valence electrons. The molecule has 1 heterocycles. The maximum atomic E-state index is 12.8. The smallest absolute Gasteiger partial charge is 0.220 e. The zero-order chi connectivity index (χ0) is 36.0. The fraction of sp³-hybridized carbons (Fsp3) is 0.875. The summed E-state index contributed by atoms with van der Waals surface area (Å²) in [6.07, 6.45) is 28.1. The van der Waals surface area contributed by atoms with Crippen molar-refractivity contribution in [2.75, 3.05) is 13.2 Å². The topological polar surface area (TPSA) is 149 Å². The van der Waals surface area contributed by atoms with Gasteiger partial charge in [-0.15, -0.1) is 0 Å². The van der Waals surface area contributed by atoms with Crippen molar-refractivity contribution >= 4 is 5.91 Å². The lowest BCUT2D eigenvalue weighted by atomic mass is 9.99. The van der Waals surface area contributed by atoms with Gasteiger partial charge in [-0.05, 0) is 38.5 Å². The monoisotopic (exact) mass is 698 g/mol. The molecule has 0 spiro atoms. The van der Waals surface area contributed by atoms with Gasteiger partial charge in [-0.25, -0.2) is 0 Å². The number of amides is 1. The van der Waals surface area contributed by atoms with E-state index in [1.54, 1.807) is 6.08 Å². The number of carbonyl (C=O) groups is 1. The number of unbranched alkanes of at least 4 members (excludes halogenated alkanes) is 20. The van der Waals surface area contributed by atoms with E-state index >= 15 is 0 Å². The minimum atomic E-state index is -1.57. The first-order chi connectivity index (χ1) is 23.8. The Morgan fingerprint density at radius 2 is 1.14 bits per heavy atom. The summed E-state index contributed by atoms with van der Waals surface area (Å²) in [5.74, 6) is -0.214. The SMILES string of the molecule is CCCCCC/C=C\CCCC(=O)NC(COC1OC(CO)C(O)C(O)C1O)C(O)/C=C/CCCCCCCCCCCCCCCCC. The van der Waals surface area contributed by atoms with Crippen LogP contribution in [0.3, 0.4) is 0 Å². The zero-order valence-corrected chi connectivity index (χ0v) is 31.2. The first-order valence-electron chi connectivity index (χ1n) is 20.1.